The number of fused-ring (bicyclic) bond motifs is 8. The molecule has 1 aromatic heterocycles. The van der Waals surface area contributed by atoms with Gasteiger partial charge in [0.25, 0.3) is 0 Å². The number of para-hydroxylation sites is 1. The summed E-state index contributed by atoms with van der Waals surface area (Å²) in [6.07, 6.45) is 1.07. The van der Waals surface area contributed by atoms with Gasteiger partial charge in [-0.3, -0.25) is 0 Å². The van der Waals surface area contributed by atoms with Crippen LogP contribution in [-0.2, 0) is 30.9 Å². The molecule has 36 heavy (non-hydrogen) atoms. The van der Waals surface area contributed by atoms with Crippen LogP contribution in [0.2, 0.25) is 9.26 Å². The Bertz CT molecular complexity index is 1740. The Labute approximate surface area is 228 Å². The molecule has 5 heteroatoms. The first kappa shape index (κ1) is 25.7. The van der Waals surface area contributed by atoms with Crippen LogP contribution in [0.3, 0.4) is 0 Å². The fourth-order valence-corrected chi connectivity index (χ4v) is 23.0. The fourth-order valence-electron chi connectivity index (χ4n) is 7.18. The number of hydrogen-bond donors (Lipinski definition) is 0. The van der Waals surface area contributed by atoms with Crippen molar-refractivity contribution >= 4 is 45.9 Å². The summed E-state index contributed by atoms with van der Waals surface area (Å²) < 4.78 is 10.1. The van der Waals surface area contributed by atoms with Gasteiger partial charge in [0.05, 0.1) is 0 Å². The van der Waals surface area contributed by atoms with Gasteiger partial charge in [-0.05, 0) is 0 Å². The van der Waals surface area contributed by atoms with E-state index in [2.05, 4.69) is 119 Å². The van der Waals surface area contributed by atoms with Crippen LogP contribution in [0.15, 0.2) is 91.0 Å². The summed E-state index contributed by atoms with van der Waals surface area (Å²) in [5.41, 5.74) is 13.4. The van der Waals surface area contributed by atoms with Gasteiger partial charge in [-0.1, -0.05) is 0 Å². The molecule has 0 spiro atoms. The van der Waals surface area contributed by atoms with E-state index in [4.69, 9.17) is 0 Å². The molecule has 0 radical (unpaired) electrons. The second-order valence-electron chi connectivity index (χ2n) is 11.3. The van der Waals surface area contributed by atoms with Crippen LogP contribution in [0.5, 0.6) is 0 Å². The van der Waals surface area contributed by atoms with Gasteiger partial charge >= 0.3 is 205 Å². The summed E-state index contributed by atoms with van der Waals surface area (Å²) in [6, 6.07) is 34.4. The first-order chi connectivity index (χ1) is 16.4. The molecule has 0 bridgehead atoms. The monoisotopic (exact) mass is 605 g/mol. The summed E-state index contributed by atoms with van der Waals surface area (Å²) in [6.45, 7) is 2.40. The van der Waals surface area contributed by atoms with Crippen molar-refractivity contribution in [3.8, 4) is 22.3 Å². The third-order valence-corrected chi connectivity index (χ3v) is 24.8. The van der Waals surface area contributed by atoms with Gasteiger partial charge in [0.2, 0.25) is 0 Å². The average molecular weight is 608 g/mol. The van der Waals surface area contributed by atoms with Gasteiger partial charge < -0.3 is 0 Å². The van der Waals surface area contributed by atoms with E-state index in [1.165, 1.54) is 38.7 Å². The van der Waals surface area contributed by atoms with Crippen LogP contribution >= 0.6 is 24.8 Å². The Morgan fingerprint density at radius 2 is 1.39 bits per heavy atom. The zero-order chi connectivity index (χ0) is 23.3. The Morgan fingerprint density at radius 1 is 0.750 bits per heavy atom. The van der Waals surface area contributed by atoms with E-state index < -0.39 is 17.4 Å². The fraction of sp³-hybridized carbons (Fsp3) is 0.161. The number of benzene rings is 4. The van der Waals surface area contributed by atoms with Crippen molar-refractivity contribution in [1.29, 1.82) is 0 Å². The SMILES string of the molecule is Cl.Cl.Cn1c2c(c3ccccc31)-c1ccccc1[CH]2[Zr]([CH3])([CH3])(=[SiH2])[c]1cccc2c1Cc1ccccc1-2. The van der Waals surface area contributed by atoms with Crippen LogP contribution in [0, 0.1) is 0 Å². The van der Waals surface area contributed by atoms with Gasteiger partial charge in [-0.25, -0.2) is 0 Å². The number of rotatable bonds is 2. The number of halogens is 2. The van der Waals surface area contributed by atoms with Crippen molar-refractivity contribution in [2.24, 2.45) is 7.05 Å². The average Bonchev–Trinajstić information content (AvgIpc) is 3.48. The topological polar surface area (TPSA) is 4.93 Å². The van der Waals surface area contributed by atoms with E-state index in [-0.39, 0.29) is 24.8 Å². The molecular formula is C31H31Cl2NSiZr. The molecular weight excluding hydrogens is 577 g/mol. The van der Waals surface area contributed by atoms with E-state index in [0.717, 1.165) is 6.42 Å². The van der Waals surface area contributed by atoms with Crippen LogP contribution in [0.25, 0.3) is 33.2 Å². The third kappa shape index (κ3) is 3.29. The molecule has 182 valence electrons. The summed E-state index contributed by atoms with van der Waals surface area (Å²) >= 11 is -3.60. The number of aryl methyl sites for hydroxylation is 1. The molecule has 1 atom stereocenters. The van der Waals surface area contributed by atoms with E-state index in [9.17, 15) is 0 Å². The van der Waals surface area contributed by atoms with Crippen LogP contribution in [-0.4, -0.2) is 11.4 Å². The molecule has 0 fully saturated rings. The second-order valence-corrected chi connectivity index (χ2v) is 40.8. The number of aromatic nitrogens is 1. The van der Waals surface area contributed by atoms with Crippen LogP contribution < -0.4 is 3.27 Å². The first-order valence-electron chi connectivity index (χ1n) is 12.3. The van der Waals surface area contributed by atoms with Gasteiger partial charge in [0, 0.05) is 0 Å². The minimum absolute atomic E-state index is 0. The Hall–Kier alpha value is -1.90. The number of hydrogen-bond acceptors (Lipinski definition) is 0. The zero-order valence-corrected chi connectivity index (χ0v) is 26.4. The molecule has 0 saturated carbocycles. The van der Waals surface area contributed by atoms with Crippen molar-refractivity contribution in [1.82, 2.24) is 4.57 Å². The van der Waals surface area contributed by atoms with Gasteiger partial charge in [0.15, 0.2) is 0 Å². The predicted molar refractivity (Wildman–Crippen MR) is 159 cm³/mol. The third-order valence-electron chi connectivity index (χ3n) is 8.63. The summed E-state index contributed by atoms with van der Waals surface area (Å²) in [4.78, 5) is 0. The molecule has 1 heterocycles. The molecule has 1 unspecified atom stereocenters. The molecule has 7 rings (SSSR count). The van der Waals surface area contributed by atoms with E-state index in [1.807, 2.05) is 0 Å². The number of nitrogens with zero attached hydrogens (tertiary/aromatic N) is 1. The Kier molecular flexibility index (Phi) is 6.12. The van der Waals surface area contributed by atoms with E-state index in [0.29, 0.717) is 3.63 Å². The predicted octanol–water partition coefficient (Wildman–Crippen LogP) is 7.32. The van der Waals surface area contributed by atoms with Crippen LogP contribution in [0.4, 0.5) is 0 Å². The maximum absolute atomic E-state index is 3.60. The minimum atomic E-state index is -3.60. The van der Waals surface area contributed by atoms with Crippen molar-refractivity contribution in [2.75, 3.05) is 0 Å². The summed E-state index contributed by atoms with van der Waals surface area (Å²) in [5, 5.41) is 1.40. The zero-order valence-electron chi connectivity index (χ0n) is 20.9. The molecule has 0 aliphatic heterocycles. The van der Waals surface area contributed by atoms with Gasteiger partial charge in [-0.2, -0.15) is 0 Å². The van der Waals surface area contributed by atoms with Crippen molar-refractivity contribution in [3.63, 3.8) is 0 Å². The molecule has 4 aromatic carbocycles. The van der Waals surface area contributed by atoms with E-state index in [1.54, 1.807) is 20.1 Å². The Morgan fingerprint density at radius 3 is 2.19 bits per heavy atom. The maximum atomic E-state index is 2.70. The molecule has 0 N–H and O–H groups in total. The molecule has 1 nitrogen and oxygen atoms in total. The van der Waals surface area contributed by atoms with Gasteiger partial charge in [0.1, 0.15) is 0 Å². The summed E-state index contributed by atoms with van der Waals surface area (Å²) in [7, 11) is 2.29. The second kappa shape index (κ2) is 8.57. The molecule has 5 aromatic rings. The summed E-state index contributed by atoms with van der Waals surface area (Å²) in [5.74, 6) is 0. The van der Waals surface area contributed by atoms with E-state index >= 15 is 0 Å². The first-order valence-corrected chi connectivity index (χ1v) is 25.8. The molecule has 0 saturated heterocycles. The molecule has 2 aliphatic carbocycles. The Balaban J connectivity index is 0.00000133. The standard InChI is InChI=1S/C16H12N.C13H9.2CH3.2ClH.H2Si.Zr/c1-17-14-9-5-4-8-13(14)16-12-7-3-2-6-11(12)10-15(16)17;1-3-7-12-10(5-1)9-11-6-2-4-8-13(11)12;;;;;;/h2-10H,1H3;1-5,7-8H,9H2;2*1H3;2*1H;1H2;. The van der Waals surface area contributed by atoms with Crippen molar-refractivity contribution in [2.45, 2.75) is 19.3 Å². The molecule has 0 amide bonds. The normalized spacial score (nSPS) is 15.4. The quantitative estimate of drug-likeness (QED) is 0.182. The van der Waals surface area contributed by atoms with Crippen molar-refractivity contribution in [3.05, 3.63) is 113 Å². The van der Waals surface area contributed by atoms with Gasteiger partial charge in [-0.15, -0.1) is 24.8 Å². The molecule has 2 aliphatic rings. The van der Waals surface area contributed by atoms with Crippen LogP contribution in [0.1, 0.15) is 26.0 Å². The van der Waals surface area contributed by atoms with Crippen molar-refractivity contribution < 1.29 is 17.4 Å².